The Morgan fingerprint density at radius 1 is 1.30 bits per heavy atom. The van der Waals surface area contributed by atoms with Crippen LogP contribution in [0.2, 0.25) is 0 Å². The predicted molar refractivity (Wildman–Crippen MR) is 76.9 cm³/mol. The monoisotopic (exact) mass is 296 g/mol. The summed E-state index contributed by atoms with van der Waals surface area (Å²) in [6.07, 6.45) is 4.29. The Balaban J connectivity index is 1.56. The fourth-order valence-electron chi connectivity index (χ4n) is 3.00. The normalized spacial score (nSPS) is 20.9. The van der Waals surface area contributed by atoms with Gasteiger partial charge < -0.3 is 14.9 Å². The first-order valence-corrected chi connectivity index (χ1v) is 8.03. The number of rotatable bonds is 4. The number of hydrogen-bond donors (Lipinski definition) is 1. The molecule has 0 spiro atoms. The summed E-state index contributed by atoms with van der Waals surface area (Å²) in [6.45, 7) is 2.89. The molecule has 1 N–H and O–H groups in total. The summed E-state index contributed by atoms with van der Waals surface area (Å²) in [6, 6.07) is 0.408. The van der Waals surface area contributed by atoms with E-state index in [1.165, 1.54) is 11.5 Å². The molecule has 6 nitrogen and oxygen atoms in total. The lowest BCUT2D eigenvalue weighted by atomic mass is 10.0. The van der Waals surface area contributed by atoms with Gasteiger partial charge in [-0.2, -0.15) is 4.37 Å². The third kappa shape index (κ3) is 2.78. The number of aliphatic hydroxyl groups is 1. The van der Waals surface area contributed by atoms with Crippen LogP contribution in [0.3, 0.4) is 0 Å². The SMILES string of the molecule is O=C1CCCN1C1CCN(c2nc(CCO)ns2)CC1. The molecule has 110 valence electrons. The lowest BCUT2D eigenvalue weighted by Gasteiger charge is -2.36. The number of carbonyl (C=O) groups is 1. The lowest BCUT2D eigenvalue weighted by Crippen LogP contribution is -2.45. The zero-order valence-electron chi connectivity index (χ0n) is 11.5. The molecule has 7 heteroatoms. The number of aliphatic hydroxyl groups excluding tert-OH is 1. The third-order valence-corrected chi connectivity index (χ3v) is 4.89. The van der Waals surface area contributed by atoms with Crippen LogP contribution in [0.1, 0.15) is 31.5 Å². The molecule has 20 heavy (non-hydrogen) atoms. The van der Waals surface area contributed by atoms with Gasteiger partial charge in [0.05, 0.1) is 6.61 Å². The van der Waals surface area contributed by atoms with Gasteiger partial charge in [0, 0.05) is 50.1 Å². The lowest BCUT2D eigenvalue weighted by molar-refractivity contribution is -0.130. The van der Waals surface area contributed by atoms with Crippen LogP contribution in [0.15, 0.2) is 0 Å². The molecule has 1 aromatic rings. The van der Waals surface area contributed by atoms with Gasteiger partial charge in [-0.1, -0.05) is 0 Å². The van der Waals surface area contributed by atoms with Crippen LogP contribution in [-0.2, 0) is 11.2 Å². The zero-order valence-corrected chi connectivity index (χ0v) is 12.3. The van der Waals surface area contributed by atoms with Gasteiger partial charge in [-0.25, -0.2) is 4.98 Å². The minimum atomic E-state index is 0.0926. The summed E-state index contributed by atoms with van der Waals surface area (Å²) < 4.78 is 4.25. The van der Waals surface area contributed by atoms with Gasteiger partial charge in [0.2, 0.25) is 11.0 Å². The van der Waals surface area contributed by atoms with E-state index in [1.807, 2.05) is 0 Å². The van der Waals surface area contributed by atoms with Crippen molar-refractivity contribution in [2.24, 2.45) is 0 Å². The first-order valence-electron chi connectivity index (χ1n) is 7.26. The number of amides is 1. The summed E-state index contributed by atoms with van der Waals surface area (Å²) in [7, 11) is 0. The molecule has 0 atom stereocenters. The van der Waals surface area contributed by atoms with Crippen molar-refractivity contribution < 1.29 is 9.90 Å². The van der Waals surface area contributed by atoms with Gasteiger partial charge in [-0.3, -0.25) is 4.79 Å². The molecular formula is C13H20N4O2S. The molecule has 2 fully saturated rings. The van der Waals surface area contributed by atoms with Gasteiger partial charge in [0.25, 0.3) is 0 Å². The number of carbonyl (C=O) groups excluding carboxylic acids is 1. The largest absolute Gasteiger partial charge is 0.396 e. The van der Waals surface area contributed by atoms with Crippen molar-refractivity contribution in [3.8, 4) is 0 Å². The number of anilines is 1. The molecule has 1 aromatic heterocycles. The molecule has 3 heterocycles. The average molecular weight is 296 g/mol. The standard InChI is InChI=1S/C13H20N4O2S/c18-9-5-11-14-13(20-15-11)16-7-3-10(4-8-16)17-6-1-2-12(17)19/h10,18H,1-9H2. The van der Waals surface area contributed by atoms with E-state index in [-0.39, 0.29) is 6.61 Å². The van der Waals surface area contributed by atoms with E-state index < -0.39 is 0 Å². The number of piperidine rings is 1. The Bertz CT molecular complexity index is 471. The maximum Gasteiger partial charge on any atom is 0.222 e. The second-order valence-corrected chi connectivity index (χ2v) is 6.11. The molecule has 2 saturated heterocycles. The molecule has 2 aliphatic heterocycles. The van der Waals surface area contributed by atoms with Crippen LogP contribution in [0.25, 0.3) is 0 Å². The molecule has 0 aliphatic carbocycles. The Morgan fingerprint density at radius 2 is 2.10 bits per heavy atom. The first kappa shape index (κ1) is 13.8. The van der Waals surface area contributed by atoms with E-state index >= 15 is 0 Å². The van der Waals surface area contributed by atoms with Crippen LogP contribution in [0, 0.1) is 0 Å². The van der Waals surface area contributed by atoms with Crippen molar-refractivity contribution in [2.45, 2.75) is 38.1 Å². The molecule has 0 bridgehead atoms. The number of likely N-dealkylation sites (tertiary alicyclic amines) is 1. The molecule has 0 aromatic carbocycles. The summed E-state index contributed by atoms with van der Waals surface area (Å²) in [5.74, 6) is 1.05. The highest BCUT2D eigenvalue weighted by Crippen LogP contribution is 2.26. The van der Waals surface area contributed by atoms with Gasteiger partial charge in [0.15, 0.2) is 0 Å². The predicted octanol–water partition coefficient (Wildman–Crippen LogP) is 0.664. The van der Waals surface area contributed by atoms with Crippen molar-refractivity contribution in [2.75, 3.05) is 31.1 Å². The summed E-state index contributed by atoms with van der Waals surface area (Å²) in [5.41, 5.74) is 0. The fourth-order valence-corrected chi connectivity index (χ4v) is 3.76. The van der Waals surface area contributed by atoms with Crippen molar-refractivity contribution in [3.63, 3.8) is 0 Å². The highest BCUT2D eigenvalue weighted by atomic mass is 32.1. The van der Waals surface area contributed by atoms with Crippen molar-refractivity contribution in [1.82, 2.24) is 14.3 Å². The number of nitrogens with zero attached hydrogens (tertiary/aromatic N) is 4. The fraction of sp³-hybridized carbons (Fsp3) is 0.769. The van der Waals surface area contributed by atoms with Crippen LogP contribution >= 0.6 is 11.5 Å². The minimum Gasteiger partial charge on any atom is -0.396 e. The molecule has 0 unspecified atom stereocenters. The second kappa shape index (κ2) is 6.05. The highest BCUT2D eigenvalue weighted by Gasteiger charge is 2.31. The quantitative estimate of drug-likeness (QED) is 0.884. The maximum absolute atomic E-state index is 11.8. The van der Waals surface area contributed by atoms with E-state index in [1.54, 1.807) is 0 Å². The van der Waals surface area contributed by atoms with Crippen molar-refractivity contribution in [3.05, 3.63) is 5.82 Å². The Morgan fingerprint density at radius 3 is 2.75 bits per heavy atom. The Kier molecular flexibility index (Phi) is 4.16. The number of aromatic nitrogens is 2. The van der Waals surface area contributed by atoms with E-state index in [0.717, 1.165) is 56.3 Å². The first-order chi connectivity index (χ1) is 9.78. The van der Waals surface area contributed by atoms with Gasteiger partial charge in [-0.05, 0) is 19.3 Å². The van der Waals surface area contributed by atoms with Crippen LogP contribution < -0.4 is 4.90 Å². The molecule has 0 saturated carbocycles. The topological polar surface area (TPSA) is 69.6 Å². The maximum atomic E-state index is 11.8. The molecule has 0 radical (unpaired) electrons. The van der Waals surface area contributed by atoms with Gasteiger partial charge >= 0.3 is 0 Å². The Labute approximate surface area is 122 Å². The van der Waals surface area contributed by atoms with Crippen molar-refractivity contribution in [1.29, 1.82) is 0 Å². The van der Waals surface area contributed by atoms with E-state index in [0.29, 0.717) is 18.4 Å². The molecular weight excluding hydrogens is 276 g/mol. The molecule has 1 amide bonds. The van der Waals surface area contributed by atoms with E-state index in [9.17, 15) is 4.79 Å². The zero-order chi connectivity index (χ0) is 13.9. The smallest absolute Gasteiger partial charge is 0.222 e. The summed E-state index contributed by atoms with van der Waals surface area (Å²) in [5, 5.41) is 9.84. The van der Waals surface area contributed by atoms with Crippen LogP contribution in [-0.4, -0.2) is 57.6 Å². The second-order valence-electron chi connectivity index (χ2n) is 5.38. The van der Waals surface area contributed by atoms with Crippen molar-refractivity contribution >= 4 is 22.6 Å². The molecule has 2 aliphatic rings. The number of hydrogen-bond acceptors (Lipinski definition) is 6. The third-order valence-electron chi connectivity index (χ3n) is 4.08. The summed E-state index contributed by atoms with van der Waals surface area (Å²) >= 11 is 1.40. The van der Waals surface area contributed by atoms with Crippen LogP contribution in [0.4, 0.5) is 5.13 Å². The summed E-state index contributed by atoms with van der Waals surface area (Å²) in [4.78, 5) is 20.5. The van der Waals surface area contributed by atoms with Gasteiger partial charge in [-0.15, -0.1) is 0 Å². The van der Waals surface area contributed by atoms with E-state index in [4.69, 9.17) is 5.11 Å². The van der Waals surface area contributed by atoms with E-state index in [2.05, 4.69) is 19.2 Å². The van der Waals surface area contributed by atoms with Gasteiger partial charge in [0.1, 0.15) is 5.82 Å². The minimum absolute atomic E-state index is 0.0926. The Hall–Kier alpha value is -1.21. The van der Waals surface area contributed by atoms with Crippen LogP contribution in [0.5, 0.6) is 0 Å². The molecule has 3 rings (SSSR count). The highest BCUT2D eigenvalue weighted by molar-refractivity contribution is 7.09. The average Bonchev–Trinajstić information content (AvgIpc) is 3.09.